The molecule has 0 saturated carbocycles. The monoisotopic (exact) mass is 247 g/mol. The number of nitrogens with one attached hydrogen (secondary N) is 1. The Labute approximate surface area is 106 Å². The van der Waals surface area contributed by atoms with Crippen LogP contribution in [0.4, 0.5) is 0 Å². The van der Waals surface area contributed by atoms with E-state index in [2.05, 4.69) is 39.9 Å². The lowest BCUT2D eigenvalue weighted by Crippen LogP contribution is -2.49. The Kier molecular flexibility index (Phi) is 8.52. The van der Waals surface area contributed by atoms with Gasteiger partial charge in [-0.15, -0.1) is 0 Å². The molecular formula is C13H29NOS. The zero-order chi connectivity index (χ0) is 12.6. The molecule has 0 fully saturated rings. The smallest absolute Gasteiger partial charge is 0.0610 e. The van der Waals surface area contributed by atoms with Crippen molar-refractivity contribution in [3.63, 3.8) is 0 Å². The summed E-state index contributed by atoms with van der Waals surface area (Å²) in [6.45, 7) is 11.1. The predicted molar refractivity (Wildman–Crippen MR) is 75.2 cm³/mol. The molecule has 0 heterocycles. The van der Waals surface area contributed by atoms with Crippen molar-refractivity contribution in [3.8, 4) is 0 Å². The van der Waals surface area contributed by atoms with Crippen molar-refractivity contribution < 1.29 is 5.11 Å². The molecule has 0 saturated heterocycles. The van der Waals surface area contributed by atoms with Crippen molar-refractivity contribution in [2.75, 3.05) is 18.1 Å². The Morgan fingerprint density at radius 1 is 1.25 bits per heavy atom. The van der Waals surface area contributed by atoms with Gasteiger partial charge in [-0.3, -0.25) is 0 Å². The van der Waals surface area contributed by atoms with E-state index in [4.69, 9.17) is 0 Å². The van der Waals surface area contributed by atoms with E-state index in [-0.39, 0.29) is 12.1 Å². The Morgan fingerprint density at radius 3 is 2.31 bits per heavy atom. The van der Waals surface area contributed by atoms with Gasteiger partial charge >= 0.3 is 0 Å². The quantitative estimate of drug-likeness (QED) is 0.615. The van der Waals surface area contributed by atoms with Gasteiger partial charge in [-0.1, -0.05) is 27.7 Å². The molecule has 1 atom stereocenters. The molecule has 2 nitrogen and oxygen atoms in total. The highest BCUT2D eigenvalue weighted by Crippen LogP contribution is 2.16. The van der Waals surface area contributed by atoms with Gasteiger partial charge in [0.25, 0.3) is 0 Å². The molecule has 2 N–H and O–H groups in total. The minimum absolute atomic E-state index is 0.105. The van der Waals surface area contributed by atoms with Gasteiger partial charge in [-0.2, -0.15) is 11.8 Å². The van der Waals surface area contributed by atoms with Crippen LogP contribution in [0.25, 0.3) is 0 Å². The third-order valence-electron chi connectivity index (χ3n) is 2.45. The SMILES string of the molecule is CC(C)CSCCCC(C)(CO)NC(C)C. The highest BCUT2D eigenvalue weighted by Gasteiger charge is 2.22. The Morgan fingerprint density at radius 2 is 1.88 bits per heavy atom. The predicted octanol–water partition coefficient (Wildman–Crippen LogP) is 2.90. The fourth-order valence-corrected chi connectivity index (χ4v) is 2.76. The largest absolute Gasteiger partial charge is 0.394 e. The minimum atomic E-state index is -0.105. The summed E-state index contributed by atoms with van der Waals surface area (Å²) in [6, 6.07) is 0.431. The molecule has 16 heavy (non-hydrogen) atoms. The van der Waals surface area contributed by atoms with Crippen LogP contribution in [0, 0.1) is 5.92 Å². The average Bonchev–Trinajstić information content (AvgIpc) is 2.15. The molecule has 0 aromatic carbocycles. The van der Waals surface area contributed by atoms with E-state index < -0.39 is 0 Å². The Balaban J connectivity index is 3.69. The van der Waals surface area contributed by atoms with Gasteiger partial charge in [-0.25, -0.2) is 0 Å². The third-order valence-corrected chi connectivity index (χ3v) is 3.93. The fourth-order valence-electron chi connectivity index (χ4n) is 1.78. The molecule has 98 valence electrons. The second-order valence-corrected chi connectivity index (χ2v) is 6.74. The summed E-state index contributed by atoms with van der Waals surface area (Å²) in [5.41, 5.74) is -0.105. The van der Waals surface area contributed by atoms with Crippen LogP contribution >= 0.6 is 11.8 Å². The number of hydrogen-bond acceptors (Lipinski definition) is 3. The van der Waals surface area contributed by atoms with Crippen molar-refractivity contribution in [1.82, 2.24) is 5.32 Å². The number of rotatable bonds is 9. The van der Waals surface area contributed by atoms with E-state index in [0.29, 0.717) is 6.04 Å². The van der Waals surface area contributed by atoms with Crippen LogP contribution in [-0.4, -0.2) is 34.8 Å². The van der Waals surface area contributed by atoms with Crippen molar-refractivity contribution in [1.29, 1.82) is 0 Å². The number of thioether (sulfide) groups is 1. The van der Waals surface area contributed by atoms with Crippen molar-refractivity contribution in [3.05, 3.63) is 0 Å². The van der Waals surface area contributed by atoms with Crippen LogP contribution in [0.15, 0.2) is 0 Å². The van der Waals surface area contributed by atoms with E-state index in [1.165, 1.54) is 17.9 Å². The van der Waals surface area contributed by atoms with Gasteiger partial charge in [0.2, 0.25) is 0 Å². The fraction of sp³-hybridized carbons (Fsp3) is 1.00. The second kappa shape index (κ2) is 8.37. The van der Waals surface area contributed by atoms with Crippen LogP contribution < -0.4 is 5.32 Å². The lowest BCUT2D eigenvalue weighted by Gasteiger charge is -2.31. The first-order valence-electron chi connectivity index (χ1n) is 6.36. The van der Waals surface area contributed by atoms with Gasteiger partial charge in [-0.05, 0) is 37.2 Å². The summed E-state index contributed by atoms with van der Waals surface area (Å²) in [6.07, 6.45) is 2.22. The summed E-state index contributed by atoms with van der Waals surface area (Å²) in [4.78, 5) is 0. The Hall–Kier alpha value is 0.270. The topological polar surface area (TPSA) is 32.3 Å². The van der Waals surface area contributed by atoms with E-state index in [1.807, 2.05) is 11.8 Å². The summed E-state index contributed by atoms with van der Waals surface area (Å²) < 4.78 is 0. The molecule has 3 heteroatoms. The van der Waals surface area contributed by atoms with Gasteiger partial charge < -0.3 is 10.4 Å². The van der Waals surface area contributed by atoms with E-state index in [0.717, 1.165) is 12.3 Å². The molecule has 0 aromatic heterocycles. The van der Waals surface area contributed by atoms with E-state index >= 15 is 0 Å². The maximum absolute atomic E-state index is 9.41. The first-order valence-corrected chi connectivity index (χ1v) is 7.51. The highest BCUT2D eigenvalue weighted by atomic mass is 32.2. The zero-order valence-electron chi connectivity index (χ0n) is 11.5. The number of hydrogen-bond donors (Lipinski definition) is 2. The van der Waals surface area contributed by atoms with Gasteiger partial charge in [0, 0.05) is 11.6 Å². The van der Waals surface area contributed by atoms with Crippen molar-refractivity contribution >= 4 is 11.8 Å². The molecular weight excluding hydrogens is 218 g/mol. The molecule has 0 aliphatic heterocycles. The molecule has 0 aromatic rings. The first-order chi connectivity index (χ1) is 7.39. The molecule has 1 unspecified atom stereocenters. The standard InChI is InChI=1S/C13H29NOS/c1-11(2)9-16-8-6-7-13(5,10-15)14-12(3)4/h11-12,14-15H,6-10H2,1-5H3. The first kappa shape index (κ1) is 16.3. The average molecular weight is 247 g/mol. The third kappa shape index (κ3) is 8.43. The molecule has 0 aliphatic carbocycles. The number of aliphatic hydroxyl groups is 1. The normalized spacial score (nSPS) is 15.8. The Bertz CT molecular complexity index is 173. The molecule has 0 rings (SSSR count). The van der Waals surface area contributed by atoms with Crippen LogP contribution in [-0.2, 0) is 0 Å². The van der Waals surface area contributed by atoms with Crippen LogP contribution in [0.2, 0.25) is 0 Å². The molecule has 0 bridgehead atoms. The van der Waals surface area contributed by atoms with Gasteiger partial charge in [0.15, 0.2) is 0 Å². The summed E-state index contributed by atoms with van der Waals surface area (Å²) in [5, 5.41) is 12.9. The van der Waals surface area contributed by atoms with Crippen LogP contribution in [0.1, 0.15) is 47.5 Å². The van der Waals surface area contributed by atoms with Crippen LogP contribution in [0.5, 0.6) is 0 Å². The second-order valence-electron chi connectivity index (χ2n) is 5.59. The van der Waals surface area contributed by atoms with Gasteiger partial charge in [0.05, 0.1) is 6.61 Å². The maximum Gasteiger partial charge on any atom is 0.0610 e. The lowest BCUT2D eigenvalue weighted by molar-refractivity contribution is 0.156. The summed E-state index contributed by atoms with van der Waals surface area (Å²) in [5.74, 6) is 3.23. The highest BCUT2D eigenvalue weighted by molar-refractivity contribution is 7.99. The molecule has 0 aliphatic rings. The molecule has 0 radical (unpaired) electrons. The van der Waals surface area contributed by atoms with Gasteiger partial charge in [0.1, 0.15) is 0 Å². The van der Waals surface area contributed by atoms with E-state index in [1.54, 1.807) is 0 Å². The van der Waals surface area contributed by atoms with Crippen LogP contribution in [0.3, 0.4) is 0 Å². The summed E-state index contributed by atoms with van der Waals surface area (Å²) in [7, 11) is 0. The summed E-state index contributed by atoms with van der Waals surface area (Å²) >= 11 is 2.02. The molecule has 0 spiro atoms. The van der Waals surface area contributed by atoms with E-state index in [9.17, 15) is 5.11 Å². The van der Waals surface area contributed by atoms with Crippen molar-refractivity contribution in [2.24, 2.45) is 5.92 Å². The van der Waals surface area contributed by atoms with Crippen molar-refractivity contribution in [2.45, 2.75) is 59.0 Å². The number of aliphatic hydroxyl groups excluding tert-OH is 1. The molecule has 0 amide bonds. The maximum atomic E-state index is 9.41. The lowest BCUT2D eigenvalue weighted by atomic mass is 9.96. The zero-order valence-corrected chi connectivity index (χ0v) is 12.4. The minimum Gasteiger partial charge on any atom is -0.394 e.